The molecule has 6 nitrogen and oxygen atoms in total. The molecule has 1 saturated heterocycles. The summed E-state index contributed by atoms with van der Waals surface area (Å²) in [5.74, 6) is 0.529. The molecule has 0 spiro atoms. The van der Waals surface area contributed by atoms with Crippen LogP contribution < -0.4 is 5.73 Å². The van der Waals surface area contributed by atoms with Crippen molar-refractivity contribution in [3.63, 3.8) is 0 Å². The lowest BCUT2D eigenvalue weighted by Gasteiger charge is -2.42. The molecule has 1 aliphatic heterocycles. The van der Waals surface area contributed by atoms with Gasteiger partial charge in [0.05, 0.1) is 12.0 Å². The van der Waals surface area contributed by atoms with E-state index < -0.39 is 0 Å². The number of nitrogens with two attached hydrogens (primary N) is 1. The third kappa shape index (κ3) is 3.45. The zero-order chi connectivity index (χ0) is 19.9. The summed E-state index contributed by atoms with van der Waals surface area (Å²) in [6.45, 7) is 5.42. The summed E-state index contributed by atoms with van der Waals surface area (Å²) >= 11 is 6.16. The average Bonchev–Trinajstić information content (AvgIpc) is 3.32. The maximum absolute atomic E-state index is 13.2. The highest BCUT2D eigenvalue weighted by Crippen LogP contribution is 2.30. The molecule has 1 unspecified atom stereocenters. The second-order valence-corrected chi connectivity index (χ2v) is 8.33. The SMILES string of the molecule is CC1(C)CN(C(=O)c2cc(-c3ccco3)n(-c3cccc(Cl)c3)n2)CCC1N. The molecular formula is C21H23ClN4O2. The first kappa shape index (κ1) is 18.8. The van der Waals surface area contributed by atoms with E-state index in [2.05, 4.69) is 18.9 Å². The van der Waals surface area contributed by atoms with Crippen LogP contribution in [0.15, 0.2) is 53.1 Å². The number of furan rings is 1. The van der Waals surface area contributed by atoms with Crippen molar-refractivity contribution in [1.29, 1.82) is 0 Å². The Labute approximate surface area is 168 Å². The first-order valence-electron chi connectivity index (χ1n) is 9.30. The Kier molecular flexibility index (Phi) is 4.77. The van der Waals surface area contributed by atoms with Crippen LogP contribution in [-0.2, 0) is 0 Å². The lowest BCUT2D eigenvalue weighted by molar-refractivity contribution is 0.0527. The number of carbonyl (C=O) groups excluding carboxylic acids is 1. The van der Waals surface area contributed by atoms with Crippen LogP contribution in [0, 0.1) is 5.41 Å². The van der Waals surface area contributed by atoms with E-state index in [0.29, 0.717) is 35.3 Å². The van der Waals surface area contributed by atoms with Crippen LogP contribution in [0.25, 0.3) is 17.1 Å². The minimum atomic E-state index is -0.132. The van der Waals surface area contributed by atoms with Crippen LogP contribution in [0.4, 0.5) is 0 Å². The first-order valence-corrected chi connectivity index (χ1v) is 9.68. The van der Waals surface area contributed by atoms with E-state index in [1.165, 1.54) is 0 Å². The fourth-order valence-electron chi connectivity index (χ4n) is 3.60. The highest BCUT2D eigenvalue weighted by Gasteiger charge is 2.36. The molecular weight excluding hydrogens is 376 g/mol. The molecule has 1 fully saturated rings. The zero-order valence-electron chi connectivity index (χ0n) is 15.9. The molecule has 1 amide bonds. The van der Waals surface area contributed by atoms with Gasteiger partial charge in [-0.2, -0.15) is 5.10 Å². The van der Waals surface area contributed by atoms with Crippen molar-refractivity contribution in [3.8, 4) is 17.1 Å². The minimum absolute atomic E-state index is 0.0826. The zero-order valence-corrected chi connectivity index (χ0v) is 16.7. The number of hydrogen-bond donors (Lipinski definition) is 1. The van der Waals surface area contributed by atoms with Gasteiger partial charge in [0, 0.05) is 30.2 Å². The smallest absolute Gasteiger partial charge is 0.274 e. The Morgan fingerprint density at radius 1 is 1.29 bits per heavy atom. The number of amides is 1. The molecule has 1 aliphatic rings. The van der Waals surface area contributed by atoms with Gasteiger partial charge >= 0.3 is 0 Å². The molecule has 3 heterocycles. The third-order valence-electron chi connectivity index (χ3n) is 5.35. The number of halogens is 1. The highest BCUT2D eigenvalue weighted by atomic mass is 35.5. The molecule has 2 N–H and O–H groups in total. The lowest BCUT2D eigenvalue weighted by Crippen LogP contribution is -2.54. The molecule has 3 aromatic rings. The number of likely N-dealkylation sites (tertiary alicyclic amines) is 1. The fourth-order valence-corrected chi connectivity index (χ4v) is 3.78. The third-order valence-corrected chi connectivity index (χ3v) is 5.59. The van der Waals surface area contributed by atoms with Crippen molar-refractivity contribution in [2.75, 3.05) is 13.1 Å². The Bertz CT molecular complexity index is 994. The van der Waals surface area contributed by atoms with Gasteiger partial charge in [0.1, 0.15) is 5.69 Å². The van der Waals surface area contributed by atoms with Gasteiger partial charge in [-0.3, -0.25) is 4.79 Å². The van der Waals surface area contributed by atoms with Crippen LogP contribution in [-0.4, -0.2) is 39.7 Å². The van der Waals surface area contributed by atoms with Crippen LogP contribution in [0.2, 0.25) is 5.02 Å². The molecule has 0 radical (unpaired) electrons. The predicted octanol–water partition coefficient (Wildman–Crippen LogP) is 3.99. The van der Waals surface area contributed by atoms with Crippen LogP contribution >= 0.6 is 11.6 Å². The van der Waals surface area contributed by atoms with Crippen LogP contribution in [0.5, 0.6) is 0 Å². The molecule has 7 heteroatoms. The van der Waals surface area contributed by atoms with E-state index in [-0.39, 0.29) is 17.4 Å². The summed E-state index contributed by atoms with van der Waals surface area (Å²) in [5.41, 5.74) is 7.92. The van der Waals surface area contributed by atoms with Gasteiger partial charge in [0.15, 0.2) is 11.5 Å². The summed E-state index contributed by atoms with van der Waals surface area (Å²) in [4.78, 5) is 15.0. The summed E-state index contributed by atoms with van der Waals surface area (Å²) in [7, 11) is 0. The number of nitrogens with zero attached hydrogens (tertiary/aromatic N) is 3. The van der Waals surface area contributed by atoms with E-state index in [4.69, 9.17) is 21.8 Å². The molecule has 2 aromatic heterocycles. The maximum Gasteiger partial charge on any atom is 0.274 e. The lowest BCUT2D eigenvalue weighted by atomic mass is 9.79. The van der Waals surface area contributed by atoms with Gasteiger partial charge in [0.25, 0.3) is 5.91 Å². The number of hydrogen-bond acceptors (Lipinski definition) is 4. The average molecular weight is 399 g/mol. The van der Waals surface area contributed by atoms with E-state index >= 15 is 0 Å². The number of rotatable bonds is 3. The topological polar surface area (TPSA) is 77.3 Å². The fraction of sp³-hybridized carbons (Fsp3) is 0.333. The Balaban J connectivity index is 1.73. The summed E-state index contributed by atoms with van der Waals surface area (Å²) in [6.07, 6.45) is 2.37. The minimum Gasteiger partial charge on any atom is -0.463 e. The van der Waals surface area contributed by atoms with E-state index in [1.54, 1.807) is 35.2 Å². The van der Waals surface area contributed by atoms with Gasteiger partial charge in [0.2, 0.25) is 0 Å². The molecule has 28 heavy (non-hydrogen) atoms. The largest absolute Gasteiger partial charge is 0.463 e. The second kappa shape index (κ2) is 7.11. The number of piperidine rings is 1. The van der Waals surface area contributed by atoms with Gasteiger partial charge in [-0.1, -0.05) is 31.5 Å². The molecule has 0 saturated carbocycles. The quantitative estimate of drug-likeness (QED) is 0.723. The molecule has 0 aliphatic carbocycles. The summed E-state index contributed by atoms with van der Waals surface area (Å²) in [5, 5.41) is 5.19. The van der Waals surface area contributed by atoms with E-state index in [9.17, 15) is 4.79 Å². The van der Waals surface area contributed by atoms with Crippen molar-refractivity contribution in [2.24, 2.45) is 11.1 Å². The van der Waals surface area contributed by atoms with Gasteiger partial charge in [-0.15, -0.1) is 0 Å². The van der Waals surface area contributed by atoms with E-state index in [1.807, 2.05) is 23.1 Å². The molecule has 4 rings (SSSR count). The predicted molar refractivity (Wildman–Crippen MR) is 109 cm³/mol. The van der Waals surface area contributed by atoms with Crippen molar-refractivity contribution < 1.29 is 9.21 Å². The number of carbonyl (C=O) groups is 1. The molecule has 0 bridgehead atoms. The monoisotopic (exact) mass is 398 g/mol. The highest BCUT2D eigenvalue weighted by molar-refractivity contribution is 6.30. The van der Waals surface area contributed by atoms with Crippen LogP contribution in [0.3, 0.4) is 0 Å². The number of aromatic nitrogens is 2. The molecule has 1 aromatic carbocycles. The Morgan fingerprint density at radius 2 is 2.11 bits per heavy atom. The van der Waals surface area contributed by atoms with E-state index in [0.717, 1.165) is 12.1 Å². The van der Waals surface area contributed by atoms with Gasteiger partial charge < -0.3 is 15.1 Å². The van der Waals surface area contributed by atoms with Gasteiger partial charge in [-0.05, 0) is 42.2 Å². The molecule has 1 atom stereocenters. The van der Waals surface area contributed by atoms with Crippen molar-refractivity contribution >= 4 is 17.5 Å². The van der Waals surface area contributed by atoms with Crippen molar-refractivity contribution in [3.05, 3.63) is 59.4 Å². The normalized spacial score (nSPS) is 19.0. The van der Waals surface area contributed by atoms with Gasteiger partial charge in [-0.25, -0.2) is 4.68 Å². The Hall–Kier alpha value is -2.57. The van der Waals surface area contributed by atoms with Crippen molar-refractivity contribution in [2.45, 2.75) is 26.3 Å². The van der Waals surface area contributed by atoms with Crippen LogP contribution in [0.1, 0.15) is 30.8 Å². The molecule has 146 valence electrons. The second-order valence-electron chi connectivity index (χ2n) is 7.89. The first-order chi connectivity index (χ1) is 13.3. The summed E-state index contributed by atoms with van der Waals surface area (Å²) < 4.78 is 7.26. The van der Waals surface area contributed by atoms with Crippen molar-refractivity contribution in [1.82, 2.24) is 14.7 Å². The number of benzene rings is 1. The Morgan fingerprint density at radius 3 is 2.79 bits per heavy atom. The maximum atomic E-state index is 13.2. The standard InChI is InChI=1S/C21H23ClN4O2/c1-21(2)13-25(9-8-19(21)23)20(27)16-12-17(18-7-4-10-28-18)26(24-16)15-6-3-5-14(22)11-15/h3-7,10-12,19H,8-9,13,23H2,1-2H3. The summed E-state index contributed by atoms with van der Waals surface area (Å²) in [6, 6.07) is 12.8.